The lowest BCUT2D eigenvalue weighted by Crippen LogP contribution is -2.19. The molecule has 0 atom stereocenters. The maximum Gasteiger partial charge on any atom is 0.328 e. The van der Waals surface area contributed by atoms with Crippen molar-refractivity contribution in [3.63, 3.8) is 0 Å². The first-order valence-electron chi connectivity index (χ1n) is 7.12. The summed E-state index contributed by atoms with van der Waals surface area (Å²) in [6.45, 7) is 2.66. The summed E-state index contributed by atoms with van der Waals surface area (Å²) in [7, 11) is 3.58. The number of nitrogens with one attached hydrogen (secondary N) is 1. The molecular formula is C17H18ClN3O. The third-order valence-electron chi connectivity index (χ3n) is 4.00. The Morgan fingerprint density at radius 2 is 1.77 bits per heavy atom. The maximum absolute atomic E-state index is 11.9. The number of nitrogens with zero attached hydrogens (tertiary/aromatic N) is 2. The molecule has 5 heteroatoms. The zero-order valence-electron chi connectivity index (χ0n) is 12.9. The van der Waals surface area contributed by atoms with Crippen LogP contribution in [0.2, 0.25) is 5.02 Å². The lowest BCUT2D eigenvalue weighted by Gasteiger charge is -2.08. The Bertz CT molecular complexity index is 908. The van der Waals surface area contributed by atoms with E-state index in [4.69, 9.17) is 11.6 Å². The molecule has 3 rings (SSSR count). The van der Waals surface area contributed by atoms with Crippen LogP contribution in [0, 0.1) is 6.92 Å². The fourth-order valence-corrected chi connectivity index (χ4v) is 2.75. The highest BCUT2D eigenvalue weighted by Gasteiger charge is 2.08. The van der Waals surface area contributed by atoms with Crippen LogP contribution in [0.3, 0.4) is 0 Å². The van der Waals surface area contributed by atoms with Crippen LogP contribution in [-0.4, -0.2) is 9.13 Å². The second-order valence-electron chi connectivity index (χ2n) is 5.54. The van der Waals surface area contributed by atoms with Gasteiger partial charge in [0.05, 0.1) is 11.0 Å². The van der Waals surface area contributed by atoms with Gasteiger partial charge in [-0.15, -0.1) is 0 Å². The van der Waals surface area contributed by atoms with Gasteiger partial charge in [-0.2, -0.15) is 0 Å². The molecule has 0 saturated heterocycles. The van der Waals surface area contributed by atoms with Crippen LogP contribution in [0.4, 0.5) is 5.69 Å². The topological polar surface area (TPSA) is 39.0 Å². The predicted molar refractivity (Wildman–Crippen MR) is 91.7 cm³/mol. The highest BCUT2D eigenvalue weighted by Crippen LogP contribution is 2.21. The summed E-state index contributed by atoms with van der Waals surface area (Å²) in [5.41, 5.74) is 5.03. The molecule has 1 N–H and O–H groups in total. The summed E-state index contributed by atoms with van der Waals surface area (Å²) in [5, 5.41) is 4.11. The average molecular weight is 316 g/mol. The monoisotopic (exact) mass is 315 g/mol. The molecule has 1 aromatic heterocycles. The first-order chi connectivity index (χ1) is 10.5. The number of benzene rings is 2. The minimum Gasteiger partial charge on any atom is -0.381 e. The van der Waals surface area contributed by atoms with Crippen molar-refractivity contribution in [1.29, 1.82) is 0 Å². The Kier molecular flexibility index (Phi) is 3.71. The van der Waals surface area contributed by atoms with E-state index < -0.39 is 0 Å². The maximum atomic E-state index is 11.9. The summed E-state index contributed by atoms with van der Waals surface area (Å²) < 4.78 is 3.33. The fraction of sp³-hybridized carbons (Fsp3) is 0.235. The van der Waals surface area contributed by atoms with Crippen molar-refractivity contribution >= 4 is 28.3 Å². The Balaban J connectivity index is 1.86. The van der Waals surface area contributed by atoms with E-state index in [9.17, 15) is 4.79 Å². The van der Waals surface area contributed by atoms with Crippen LogP contribution in [-0.2, 0) is 20.6 Å². The molecule has 4 nitrogen and oxygen atoms in total. The molecular weight excluding hydrogens is 298 g/mol. The van der Waals surface area contributed by atoms with Crippen molar-refractivity contribution in [2.24, 2.45) is 14.1 Å². The van der Waals surface area contributed by atoms with Gasteiger partial charge in [0.15, 0.2) is 0 Å². The van der Waals surface area contributed by atoms with Crippen molar-refractivity contribution in [2.75, 3.05) is 5.32 Å². The smallest absolute Gasteiger partial charge is 0.328 e. The van der Waals surface area contributed by atoms with Gasteiger partial charge in [-0.25, -0.2) is 4.79 Å². The van der Waals surface area contributed by atoms with E-state index in [0.717, 1.165) is 32.9 Å². The molecule has 0 spiro atoms. The van der Waals surface area contributed by atoms with Crippen LogP contribution >= 0.6 is 11.6 Å². The molecule has 0 bridgehead atoms. The van der Waals surface area contributed by atoms with Gasteiger partial charge >= 0.3 is 5.69 Å². The van der Waals surface area contributed by atoms with Crippen LogP contribution in [0.5, 0.6) is 0 Å². The number of imidazole rings is 1. The van der Waals surface area contributed by atoms with Gasteiger partial charge in [0, 0.05) is 31.4 Å². The van der Waals surface area contributed by atoms with Crippen molar-refractivity contribution in [1.82, 2.24) is 9.13 Å². The largest absolute Gasteiger partial charge is 0.381 e. The number of anilines is 1. The van der Waals surface area contributed by atoms with Gasteiger partial charge in [0.25, 0.3) is 0 Å². The van der Waals surface area contributed by atoms with Gasteiger partial charge in [-0.1, -0.05) is 23.7 Å². The van der Waals surface area contributed by atoms with E-state index in [-0.39, 0.29) is 5.69 Å². The molecule has 22 heavy (non-hydrogen) atoms. The Hall–Kier alpha value is -2.20. The standard InChI is InChI=1S/C17H18ClN3O/c1-11-4-6-13(9-14(11)18)19-10-12-5-7-15-16(8-12)21(3)17(22)20(15)2/h4-9,19H,10H2,1-3H3. The molecule has 0 radical (unpaired) electrons. The summed E-state index contributed by atoms with van der Waals surface area (Å²) in [4.78, 5) is 11.9. The van der Waals surface area contributed by atoms with Gasteiger partial charge in [-0.05, 0) is 42.3 Å². The van der Waals surface area contributed by atoms with Crippen molar-refractivity contribution in [3.8, 4) is 0 Å². The number of hydrogen-bond donors (Lipinski definition) is 1. The molecule has 0 aliphatic rings. The molecule has 1 heterocycles. The second-order valence-corrected chi connectivity index (χ2v) is 5.95. The third kappa shape index (κ3) is 2.50. The molecule has 0 amide bonds. The van der Waals surface area contributed by atoms with Gasteiger partial charge in [-0.3, -0.25) is 9.13 Å². The first-order valence-corrected chi connectivity index (χ1v) is 7.49. The second kappa shape index (κ2) is 5.54. The molecule has 0 aliphatic carbocycles. The van der Waals surface area contributed by atoms with Crippen LogP contribution in [0.1, 0.15) is 11.1 Å². The summed E-state index contributed by atoms with van der Waals surface area (Å²) in [6, 6.07) is 12.0. The van der Waals surface area contributed by atoms with Crippen molar-refractivity contribution in [2.45, 2.75) is 13.5 Å². The van der Waals surface area contributed by atoms with E-state index >= 15 is 0 Å². The molecule has 0 fully saturated rings. The van der Waals surface area contributed by atoms with Crippen LogP contribution in [0.25, 0.3) is 11.0 Å². The fourth-order valence-electron chi connectivity index (χ4n) is 2.57. The van der Waals surface area contributed by atoms with E-state index in [1.165, 1.54) is 0 Å². The number of aromatic nitrogens is 2. The first kappa shape index (κ1) is 14.7. The molecule has 3 aromatic rings. The van der Waals surface area contributed by atoms with E-state index in [2.05, 4.69) is 5.32 Å². The number of hydrogen-bond acceptors (Lipinski definition) is 2. The number of halogens is 1. The quantitative estimate of drug-likeness (QED) is 0.804. The van der Waals surface area contributed by atoms with Crippen molar-refractivity contribution in [3.05, 3.63) is 63.0 Å². The number of rotatable bonds is 3. The molecule has 0 aliphatic heterocycles. The Morgan fingerprint density at radius 3 is 2.50 bits per heavy atom. The molecule has 114 valence electrons. The normalized spacial score (nSPS) is 11.1. The van der Waals surface area contributed by atoms with Gasteiger partial charge in [0.2, 0.25) is 0 Å². The molecule has 0 saturated carbocycles. The zero-order valence-corrected chi connectivity index (χ0v) is 13.6. The van der Waals surface area contributed by atoms with Gasteiger partial charge in [0.1, 0.15) is 0 Å². The predicted octanol–water partition coefficient (Wildman–Crippen LogP) is 3.45. The number of fused-ring (bicyclic) bond motifs is 1. The van der Waals surface area contributed by atoms with Crippen molar-refractivity contribution < 1.29 is 0 Å². The van der Waals surface area contributed by atoms with Crippen LogP contribution < -0.4 is 11.0 Å². The lowest BCUT2D eigenvalue weighted by molar-refractivity contribution is 0.795. The highest BCUT2D eigenvalue weighted by atomic mass is 35.5. The van der Waals surface area contributed by atoms with Gasteiger partial charge < -0.3 is 5.32 Å². The SMILES string of the molecule is Cc1ccc(NCc2ccc3c(c2)n(C)c(=O)n3C)cc1Cl. The third-order valence-corrected chi connectivity index (χ3v) is 4.41. The average Bonchev–Trinajstić information content (AvgIpc) is 2.73. The molecule has 2 aromatic carbocycles. The zero-order chi connectivity index (χ0) is 15.9. The summed E-state index contributed by atoms with van der Waals surface area (Å²) >= 11 is 6.13. The number of aryl methyl sites for hydroxylation is 3. The van der Waals surface area contributed by atoms with Crippen LogP contribution in [0.15, 0.2) is 41.2 Å². The van der Waals surface area contributed by atoms with E-state index in [1.54, 1.807) is 23.2 Å². The highest BCUT2D eigenvalue weighted by molar-refractivity contribution is 6.31. The Labute approximate surface area is 133 Å². The minimum absolute atomic E-state index is 0.00887. The summed E-state index contributed by atoms with van der Waals surface area (Å²) in [5.74, 6) is 0. The van der Waals surface area contributed by atoms with E-state index in [1.807, 2.05) is 43.3 Å². The Morgan fingerprint density at radius 1 is 1.05 bits per heavy atom. The molecule has 0 unspecified atom stereocenters. The summed E-state index contributed by atoms with van der Waals surface area (Å²) in [6.07, 6.45) is 0. The van der Waals surface area contributed by atoms with E-state index in [0.29, 0.717) is 6.54 Å². The minimum atomic E-state index is -0.00887. The lowest BCUT2D eigenvalue weighted by atomic mass is 10.2.